The third-order valence-electron chi connectivity index (χ3n) is 4.96. The molecule has 0 atom stereocenters. The van der Waals surface area contributed by atoms with Gasteiger partial charge in [-0.1, -0.05) is 24.3 Å². The Morgan fingerprint density at radius 1 is 1.12 bits per heavy atom. The first-order valence-corrected chi connectivity index (χ1v) is 8.48. The first-order valence-electron chi connectivity index (χ1n) is 8.48. The molecule has 1 N–H and O–H groups in total. The predicted octanol–water partition coefficient (Wildman–Crippen LogP) is 2.45. The van der Waals surface area contributed by atoms with E-state index in [1.54, 1.807) is 12.1 Å². The van der Waals surface area contributed by atoms with Crippen LogP contribution in [0.25, 0.3) is 0 Å². The van der Waals surface area contributed by atoms with Crippen LogP contribution in [0, 0.1) is 0 Å². The summed E-state index contributed by atoms with van der Waals surface area (Å²) in [6, 6.07) is 11.2. The number of carboxylic acid groups (broad SMARTS) is 1. The summed E-state index contributed by atoms with van der Waals surface area (Å²) in [6.07, 6.45) is 1.84. The molecule has 25 heavy (non-hydrogen) atoms. The topological polar surface area (TPSA) is 66.8 Å². The van der Waals surface area contributed by atoms with Gasteiger partial charge in [-0.2, -0.15) is 0 Å². The molecule has 2 aliphatic rings. The van der Waals surface area contributed by atoms with Crippen LogP contribution in [0.15, 0.2) is 36.4 Å². The highest BCUT2D eigenvalue weighted by Gasteiger charge is 2.24. The zero-order valence-corrected chi connectivity index (χ0v) is 13.8. The molecule has 0 saturated carbocycles. The Bertz CT molecular complexity index is 859. The van der Waals surface area contributed by atoms with Gasteiger partial charge in [-0.15, -0.1) is 0 Å². The van der Waals surface area contributed by atoms with Gasteiger partial charge in [0.2, 0.25) is 5.91 Å². The summed E-state index contributed by atoms with van der Waals surface area (Å²) in [5, 5.41) is 9.30. The molecule has 0 unspecified atom stereocenters. The fraction of sp³-hybridized carbons (Fsp3) is 0.300. The van der Waals surface area contributed by atoms with E-state index in [2.05, 4.69) is 6.07 Å². The van der Waals surface area contributed by atoms with Crippen molar-refractivity contribution in [2.75, 3.05) is 13.2 Å². The first kappa shape index (κ1) is 15.7. The number of carboxylic acids is 1. The van der Waals surface area contributed by atoms with E-state index in [1.165, 1.54) is 5.56 Å². The number of benzene rings is 2. The van der Waals surface area contributed by atoms with Crippen LogP contribution in [0.5, 0.6) is 5.75 Å². The molecule has 0 aliphatic carbocycles. The number of nitrogens with zero attached hydrogens (tertiary/aromatic N) is 1. The SMILES string of the molecule is O=C(O)c1cccc2c1CCN(C(=O)Cc1ccc3c(c1)CCO3)C2. The van der Waals surface area contributed by atoms with Crippen molar-refractivity contribution >= 4 is 11.9 Å². The Morgan fingerprint density at radius 3 is 2.84 bits per heavy atom. The summed E-state index contributed by atoms with van der Waals surface area (Å²) < 4.78 is 5.50. The van der Waals surface area contributed by atoms with Gasteiger partial charge in [-0.3, -0.25) is 4.79 Å². The standard InChI is InChI=1S/C20H19NO4/c22-19(11-13-4-5-18-14(10-13)7-9-25-18)21-8-6-16-15(12-21)2-1-3-17(16)20(23)24/h1-5,10H,6-9,11-12H2,(H,23,24). The molecule has 5 nitrogen and oxygen atoms in total. The molecule has 4 rings (SSSR count). The van der Waals surface area contributed by atoms with Gasteiger partial charge in [-0.25, -0.2) is 4.79 Å². The highest BCUT2D eigenvalue weighted by molar-refractivity contribution is 5.90. The summed E-state index contributed by atoms with van der Waals surface area (Å²) in [5.41, 5.74) is 4.30. The molecule has 0 bridgehead atoms. The predicted molar refractivity (Wildman–Crippen MR) is 91.9 cm³/mol. The second kappa shape index (κ2) is 6.24. The highest BCUT2D eigenvalue weighted by Crippen LogP contribution is 2.27. The molecule has 0 aromatic heterocycles. The lowest BCUT2D eigenvalue weighted by atomic mass is 9.94. The van der Waals surface area contributed by atoms with Crippen LogP contribution in [0.2, 0.25) is 0 Å². The number of carbonyl (C=O) groups is 2. The van der Waals surface area contributed by atoms with Crippen LogP contribution >= 0.6 is 0 Å². The Hall–Kier alpha value is -2.82. The quantitative estimate of drug-likeness (QED) is 0.934. The summed E-state index contributed by atoms with van der Waals surface area (Å²) in [7, 11) is 0. The lowest BCUT2D eigenvalue weighted by molar-refractivity contribution is -0.131. The number of amides is 1. The normalized spacial score (nSPS) is 15.3. The Kier molecular flexibility index (Phi) is 3.92. The van der Waals surface area contributed by atoms with E-state index in [-0.39, 0.29) is 5.91 Å². The maximum Gasteiger partial charge on any atom is 0.335 e. The second-order valence-electron chi connectivity index (χ2n) is 6.53. The summed E-state index contributed by atoms with van der Waals surface area (Å²) >= 11 is 0. The molecule has 0 fully saturated rings. The first-order chi connectivity index (χ1) is 12.1. The molecule has 5 heteroatoms. The van der Waals surface area contributed by atoms with Crippen LogP contribution in [0.1, 0.15) is 32.6 Å². The van der Waals surface area contributed by atoms with E-state index in [0.29, 0.717) is 38.1 Å². The lowest BCUT2D eigenvalue weighted by Gasteiger charge is -2.29. The summed E-state index contributed by atoms with van der Waals surface area (Å²) in [5.74, 6) is 0.0894. The van der Waals surface area contributed by atoms with Gasteiger partial charge in [0.05, 0.1) is 18.6 Å². The average molecular weight is 337 g/mol. The minimum atomic E-state index is -0.906. The van der Waals surface area contributed by atoms with Gasteiger partial charge in [0.15, 0.2) is 0 Å². The van der Waals surface area contributed by atoms with Crippen LogP contribution in [0.4, 0.5) is 0 Å². The zero-order chi connectivity index (χ0) is 17.4. The number of hydrogen-bond donors (Lipinski definition) is 1. The smallest absolute Gasteiger partial charge is 0.335 e. The third kappa shape index (κ3) is 2.97. The third-order valence-corrected chi connectivity index (χ3v) is 4.96. The molecule has 0 spiro atoms. The minimum absolute atomic E-state index is 0.0743. The minimum Gasteiger partial charge on any atom is -0.493 e. The van der Waals surface area contributed by atoms with E-state index in [9.17, 15) is 14.7 Å². The molecule has 0 radical (unpaired) electrons. The van der Waals surface area contributed by atoms with E-state index in [1.807, 2.05) is 23.1 Å². The van der Waals surface area contributed by atoms with Crippen LogP contribution < -0.4 is 4.74 Å². The van der Waals surface area contributed by atoms with Crippen molar-refractivity contribution in [2.45, 2.75) is 25.8 Å². The van der Waals surface area contributed by atoms with Crippen molar-refractivity contribution in [3.63, 3.8) is 0 Å². The highest BCUT2D eigenvalue weighted by atomic mass is 16.5. The largest absolute Gasteiger partial charge is 0.493 e. The number of fused-ring (bicyclic) bond motifs is 2. The van der Waals surface area contributed by atoms with Crippen molar-refractivity contribution in [2.24, 2.45) is 0 Å². The van der Waals surface area contributed by atoms with Crippen LogP contribution in [-0.2, 0) is 30.6 Å². The van der Waals surface area contributed by atoms with Crippen molar-refractivity contribution in [3.8, 4) is 5.75 Å². The van der Waals surface area contributed by atoms with Crippen molar-refractivity contribution in [1.29, 1.82) is 0 Å². The Morgan fingerprint density at radius 2 is 2.00 bits per heavy atom. The monoisotopic (exact) mass is 337 g/mol. The zero-order valence-electron chi connectivity index (χ0n) is 13.8. The number of ether oxygens (including phenoxy) is 1. The van der Waals surface area contributed by atoms with Crippen LogP contribution in [0.3, 0.4) is 0 Å². The van der Waals surface area contributed by atoms with E-state index >= 15 is 0 Å². The Balaban J connectivity index is 1.49. The van der Waals surface area contributed by atoms with Gasteiger partial charge in [0.25, 0.3) is 0 Å². The summed E-state index contributed by atoms with van der Waals surface area (Å²) in [4.78, 5) is 25.8. The average Bonchev–Trinajstić information content (AvgIpc) is 3.08. The van der Waals surface area contributed by atoms with E-state index < -0.39 is 5.97 Å². The molecular formula is C20H19NO4. The molecule has 2 aromatic carbocycles. The Labute approximate surface area is 145 Å². The molecule has 2 heterocycles. The fourth-order valence-electron chi connectivity index (χ4n) is 3.66. The number of carbonyl (C=O) groups excluding carboxylic acids is 1. The number of hydrogen-bond acceptors (Lipinski definition) is 3. The second-order valence-corrected chi connectivity index (χ2v) is 6.53. The van der Waals surface area contributed by atoms with Gasteiger partial charge in [-0.05, 0) is 40.8 Å². The van der Waals surface area contributed by atoms with Gasteiger partial charge in [0.1, 0.15) is 5.75 Å². The van der Waals surface area contributed by atoms with Gasteiger partial charge < -0.3 is 14.7 Å². The maximum absolute atomic E-state index is 12.7. The van der Waals surface area contributed by atoms with Crippen molar-refractivity contribution < 1.29 is 19.4 Å². The molecule has 128 valence electrons. The van der Waals surface area contributed by atoms with Crippen LogP contribution in [-0.4, -0.2) is 35.0 Å². The lowest BCUT2D eigenvalue weighted by Crippen LogP contribution is -2.37. The van der Waals surface area contributed by atoms with Crippen molar-refractivity contribution in [1.82, 2.24) is 4.90 Å². The fourth-order valence-corrected chi connectivity index (χ4v) is 3.66. The molecule has 2 aliphatic heterocycles. The maximum atomic E-state index is 12.7. The molecular weight excluding hydrogens is 318 g/mol. The van der Waals surface area contributed by atoms with Crippen molar-refractivity contribution in [3.05, 3.63) is 64.2 Å². The molecule has 0 saturated heterocycles. The van der Waals surface area contributed by atoms with Gasteiger partial charge >= 0.3 is 5.97 Å². The van der Waals surface area contributed by atoms with Gasteiger partial charge in [0, 0.05) is 19.5 Å². The summed E-state index contributed by atoms with van der Waals surface area (Å²) in [6.45, 7) is 1.75. The number of rotatable bonds is 3. The van der Waals surface area contributed by atoms with E-state index in [4.69, 9.17) is 4.74 Å². The van der Waals surface area contributed by atoms with E-state index in [0.717, 1.165) is 28.9 Å². The number of aromatic carboxylic acids is 1. The molecule has 2 aromatic rings. The molecule has 1 amide bonds.